The van der Waals surface area contributed by atoms with Crippen LogP contribution in [0, 0.1) is 0 Å². The van der Waals surface area contributed by atoms with E-state index in [-0.39, 0.29) is 5.82 Å². The van der Waals surface area contributed by atoms with Gasteiger partial charge in [-0.2, -0.15) is 5.10 Å². The number of anilines is 3. The third-order valence-corrected chi connectivity index (χ3v) is 4.38. The molecule has 10 heteroatoms. The molecular weight excluding hydrogens is 396 g/mol. The monoisotopic (exact) mass is 418 g/mol. The molecule has 0 fully saturated rings. The molecule has 0 spiro atoms. The molecule has 3 rings (SSSR count). The number of nitrogens with zero attached hydrogens (tertiary/aromatic N) is 4. The smallest absolute Gasteiger partial charge is 0.414 e. The zero-order chi connectivity index (χ0) is 21.3. The maximum Gasteiger partial charge on any atom is 0.414 e. The average Bonchev–Trinajstić information content (AvgIpc) is 3.04. The number of amides is 1. The highest BCUT2D eigenvalue weighted by Gasteiger charge is 2.21. The van der Waals surface area contributed by atoms with Crippen LogP contribution >= 0.6 is 11.6 Å². The highest BCUT2D eigenvalue weighted by Crippen LogP contribution is 2.38. The molecule has 0 aromatic carbocycles. The fourth-order valence-corrected chi connectivity index (χ4v) is 2.85. The fourth-order valence-electron chi connectivity index (χ4n) is 2.58. The van der Waals surface area contributed by atoms with Gasteiger partial charge in [-0.25, -0.2) is 14.3 Å². The molecule has 1 amide bonds. The van der Waals surface area contributed by atoms with E-state index in [2.05, 4.69) is 15.4 Å². The van der Waals surface area contributed by atoms with E-state index in [0.29, 0.717) is 33.4 Å². The van der Waals surface area contributed by atoms with E-state index in [1.165, 1.54) is 11.1 Å². The molecule has 0 saturated carbocycles. The Bertz CT molecular complexity index is 1060. The van der Waals surface area contributed by atoms with Crippen molar-refractivity contribution in [3.05, 3.63) is 35.7 Å². The highest BCUT2D eigenvalue weighted by molar-refractivity contribution is 6.35. The third kappa shape index (κ3) is 4.29. The Balaban J connectivity index is 1.87. The Morgan fingerprint density at radius 2 is 2.00 bits per heavy atom. The molecule has 3 aromatic heterocycles. The Labute approximate surface area is 173 Å². The quantitative estimate of drug-likeness (QED) is 0.654. The van der Waals surface area contributed by atoms with E-state index in [1.807, 2.05) is 20.8 Å². The first kappa shape index (κ1) is 20.5. The number of carbonyl (C=O) groups is 1. The Morgan fingerprint density at radius 3 is 2.66 bits per heavy atom. The van der Waals surface area contributed by atoms with Gasteiger partial charge in [-0.1, -0.05) is 11.6 Å². The van der Waals surface area contributed by atoms with Gasteiger partial charge in [-0.15, -0.1) is 0 Å². The highest BCUT2D eigenvalue weighted by atomic mass is 35.5. The summed E-state index contributed by atoms with van der Waals surface area (Å²) in [5, 5.41) is 7.51. The van der Waals surface area contributed by atoms with Crippen molar-refractivity contribution in [3.8, 4) is 11.5 Å². The van der Waals surface area contributed by atoms with Crippen LogP contribution < -0.4 is 20.7 Å². The Morgan fingerprint density at radius 1 is 1.28 bits per heavy atom. The molecule has 0 radical (unpaired) electrons. The van der Waals surface area contributed by atoms with E-state index in [0.717, 1.165) is 0 Å². The molecule has 29 heavy (non-hydrogen) atoms. The molecule has 0 aliphatic carbocycles. The summed E-state index contributed by atoms with van der Waals surface area (Å²) >= 11 is 6.34. The van der Waals surface area contributed by atoms with E-state index < -0.39 is 11.7 Å². The lowest BCUT2D eigenvalue weighted by Gasteiger charge is -2.24. The average molecular weight is 419 g/mol. The number of carbonyl (C=O) groups excluding carboxylic acids is 1. The van der Waals surface area contributed by atoms with Crippen molar-refractivity contribution in [2.75, 3.05) is 30.0 Å². The summed E-state index contributed by atoms with van der Waals surface area (Å²) in [6.07, 6.45) is 4.25. The summed E-state index contributed by atoms with van der Waals surface area (Å²) in [5.74, 6) is 1.10. The number of ether oxygens (including phenoxy) is 2. The maximum absolute atomic E-state index is 12.3. The molecule has 0 atom stereocenters. The minimum Gasteiger partial charge on any atom is -0.450 e. The van der Waals surface area contributed by atoms with Crippen molar-refractivity contribution in [2.45, 2.75) is 26.4 Å². The number of rotatable bonds is 4. The van der Waals surface area contributed by atoms with Crippen molar-refractivity contribution < 1.29 is 14.3 Å². The van der Waals surface area contributed by atoms with Crippen molar-refractivity contribution in [2.24, 2.45) is 0 Å². The first-order chi connectivity index (χ1) is 13.6. The van der Waals surface area contributed by atoms with Crippen LogP contribution in [0.4, 0.5) is 22.0 Å². The van der Waals surface area contributed by atoms with E-state index in [1.54, 1.807) is 43.1 Å². The topological polar surface area (TPSA) is 107 Å². The summed E-state index contributed by atoms with van der Waals surface area (Å²) < 4.78 is 12.9. The van der Waals surface area contributed by atoms with Gasteiger partial charge in [0.05, 0.1) is 30.0 Å². The van der Waals surface area contributed by atoms with Crippen LogP contribution in [-0.4, -0.2) is 40.4 Å². The van der Waals surface area contributed by atoms with Gasteiger partial charge in [-0.3, -0.25) is 4.90 Å². The van der Waals surface area contributed by atoms with Gasteiger partial charge >= 0.3 is 6.09 Å². The molecule has 0 unspecified atom stereocenters. The summed E-state index contributed by atoms with van der Waals surface area (Å²) in [5.41, 5.74) is 7.01. The SMILES string of the molecule is CNc1c(N)ncc(Oc2cnn3cc(N(C)C(=O)OC(C)(C)C)ccc23)c1Cl. The second-order valence-corrected chi connectivity index (χ2v) is 7.69. The van der Waals surface area contributed by atoms with E-state index in [4.69, 9.17) is 26.8 Å². The van der Waals surface area contributed by atoms with Gasteiger partial charge in [-0.05, 0) is 32.9 Å². The largest absolute Gasteiger partial charge is 0.450 e. The number of halogens is 1. The molecule has 3 heterocycles. The van der Waals surface area contributed by atoms with Crippen LogP contribution in [-0.2, 0) is 4.74 Å². The molecular formula is C19H23ClN6O3. The normalized spacial score (nSPS) is 11.4. The number of fused-ring (bicyclic) bond motifs is 1. The van der Waals surface area contributed by atoms with Crippen molar-refractivity contribution in [1.29, 1.82) is 0 Å². The number of nitrogens with one attached hydrogen (secondary N) is 1. The molecule has 9 nitrogen and oxygen atoms in total. The number of nitrogens with two attached hydrogens (primary N) is 1. The lowest BCUT2D eigenvalue weighted by molar-refractivity contribution is 0.0589. The second kappa shape index (κ2) is 7.67. The standard InChI is InChI=1S/C19H23ClN6O3/c1-19(2,3)29-18(27)25(5)11-6-7-12-13(9-24-26(12)10-11)28-14-8-23-17(21)16(22-4)15(14)20/h6-10,22H,1-5H3,(H2,21,23). The van der Waals surface area contributed by atoms with Crippen molar-refractivity contribution >= 4 is 40.4 Å². The number of hydrogen-bond acceptors (Lipinski definition) is 7. The van der Waals surface area contributed by atoms with Crippen LogP contribution in [0.1, 0.15) is 20.8 Å². The number of pyridine rings is 2. The second-order valence-electron chi connectivity index (χ2n) is 7.31. The molecule has 154 valence electrons. The number of nitrogen functional groups attached to an aromatic ring is 1. The van der Waals surface area contributed by atoms with Gasteiger partial charge < -0.3 is 20.5 Å². The lowest BCUT2D eigenvalue weighted by atomic mass is 10.2. The van der Waals surface area contributed by atoms with E-state index in [9.17, 15) is 4.79 Å². The van der Waals surface area contributed by atoms with Gasteiger partial charge in [0, 0.05) is 14.1 Å². The summed E-state index contributed by atoms with van der Waals surface area (Å²) in [6, 6.07) is 3.56. The lowest BCUT2D eigenvalue weighted by Crippen LogP contribution is -2.34. The zero-order valence-electron chi connectivity index (χ0n) is 16.9. The van der Waals surface area contributed by atoms with E-state index >= 15 is 0 Å². The van der Waals surface area contributed by atoms with Crippen LogP contribution in [0.15, 0.2) is 30.7 Å². The summed E-state index contributed by atoms with van der Waals surface area (Å²) in [4.78, 5) is 17.8. The number of aromatic nitrogens is 3. The van der Waals surface area contributed by atoms with Crippen LogP contribution in [0.2, 0.25) is 5.02 Å². The van der Waals surface area contributed by atoms with Gasteiger partial charge in [0.2, 0.25) is 0 Å². The van der Waals surface area contributed by atoms with Crippen molar-refractivity contribution in [1.82, 2.24) is 14.6 Å². The number of hydrogen-bond donors (Lipinski definition) is 2. The van der Waals surface area contributed by atoms with Crippen LogP contribution in [0.3, 0.4) is 0 Å². The molecule has 0 bridgehead atoms. The summed E-state index contributed by atoms with van der Waals surface area (Å²) in [6.45, 7) is 5.45. The van der Waals surface area contributed by atoms with Crippen LogP contribution in [0.5, 0.6) is 11.5 Å². The molecule has 3 N–H and O–H groups in total. The predicted molar refractivity (Wildman–Crippen MR) is 113 cm³/mol. The maximum atomic E-state index is 12.3. The minimum atomic E-state index is -0.583. The first-order valence-corrected chi connectivity index (χ1v) is 9.22. The predicted octanol–water partition coefficient (Wildman–Crippen LogP) is 4.17. The minimum absolute atomic E-state index is 0.277. The first-order valence-electron chi connectivity index (χ1n) is 8.84. The Kier molecular flexibility index (Phi) is 5.43. The van der Waals surface area contributed by atoms with Gasteiger partial charge in [0.1, 0.15) is 22.0 Å². The zero-order valence-corrected chi connectivity index (χ0v) is 17.6. The fraction of sp³-hybridized carbons (Fsp3) is 0.316. The Hall–Kier alpha value is -3.20. The molecule has 3 aromatic rings. The molecule has 0 aliphatic rings. The summed E-state index contributed by atoms with van der Waals surface area (Å²) in [7, 11) is 3.33. The van der Waals surface area contributed by atoms with Crippen molar-refractivity contribution in [3.63, 3.8) is 0 Å². The van der Waals surface area contributed by atoms with Crippen LogP contribution in [0.25, 0.3) is 5.52 Å². The van der Waals surface area contributed by atoms with Gasteiger partial charge in [0.25, 0.3) is 0 Å². The molecule has 0 saturated heterocycles. The van der Waals surface area contributed by atoms with Gasteiger partial charge in [0.15, 0.2) is 11.5 Å². The molecule has 0 aliphatic heterocycles. The third-order valence-electron chi connectivity index (χ3n) is 4.00.